The van der Waals surface area contributed by atoms with Gasteiger partial charge in [0.2, 0.25) is 0 Å². The summed E-state index contributed by atoms with van der Waals surface area (Å²) in [5, 5.41) is 2.86. The normalized spacial score (nSPS) is 11.3. The molecule has 0 saturated carbocycles. The Morgan fingerprint density at radius 2 is 1.68 bits per heavy atom. The predicted octanol–water partition coefficient (Wildman–Crippen LogP) is 3.97. The molecule has 0 atom stereocenters. The van der Waals surface area contributed by atoms with E-state index in [9.17, 15) is 17.6 Å². The van der Waals surface area contributed by atoms with E-state index < -0.39 is 16.0 Å². The van der Waals surface area contributed by atoms with E-state index in [0.717, 1.165) is 19.9 Å². The molecule has 0 spiro atoms. The maximum atomic E-state index is 14.4. The van der Waals surface area contributed by atoms with E-state index in [1.807, 2.05) is 31.2 Å². The molecule has 0 aliphatic heterocycles. The maximum Gasteiger partial charge on any atom is 0.303 e. The van der Waals surface area contributed by atoms with Crippen molar-refractivity contribution in [1.82, 2.24) is 9.62 Å². The molecule has 1 amide bonds. The van der Waals surface area contributed by atoms with Crippen molar-refractivity contribution in [2.75, 3.05) is 25.0 Å². The summed E-state index contributed by atoms with van der Waals surface area (Å²) >= 11 is 0. The number of benzene rings is 3. The van der Waals surface area contributed by atoms with Gasteiger partial charge < -0.3 is 10.1 Å². The Kier molecular flexibility index (Phi) is 8.25. The smallest absolute Gasteiger partial charge is 0.303 e. The third-order valence-corrected chi connectivity index (χ3v) is 6.87. The summed E-state index contributed by atoms with van der Waals surface area (Å²) < 4.78 is 47.6. The third-order valence-electron chi connectivity index (χ3n) is 5.07. The van der Waals surface area contributed by atoms with E-state index in [4.69, 9.17) is 4.74 Å². The number of amides is 1. The Hall–Kier alpha value is -3.43. The van der Waals surface area contributed by atoms with Gasteiger partial charge in [-0.1, -0.05) is 36.4 Å². The van der Waals surface area contributed by atoms with Gasteiger partial charge in [-0.05, 0) is 54.4 Å². The highest BCUT2D eigenvalue weighted by Gasteiger charge is 2.27. The fourth-order valence-corrected chi connectivity index (χ4v) is 4.37. The molecule has 0 aromatic heterocycles. The van der Waals surface area contributed by atoms with E-state index in [1.54, 1.807) is 30.3 Å². The quantitative estimate of drug-likeness (QED) is 0.471. The number of nitrogens with one attached hydrogen (secondary N) is 1. The summed E-state index contributed by atoms with van der Waals surface area (Å²) in [7, 11) is -1.17. The molecular formula is C25H28FN3O4S. The lowest BCUT2D eigenvalue weighted by atomic mass is 10.1. The Labute approximate surface area is 200 Å². The minimum absolute atomic E-state index is 0.0488. The van der Waals surface area contributed by atoms with E-state index >= 15 is 0 Å². The second-order valence-electron chi connectivity index (χ2n) is 7.71. The van der Waals surface area contributed by atoms with Gasteiger partial charge in [0.15, 0.2) is 0 Å². The molecule has 0 bridgehead atoms. The lowest BCUT2D eigenvalue weighted by Gasteiger charge is -2.27. The highest BCUT2D eigenvalue weighted by Crippen LogP contribution is 2.25. The summed E-state index contributed by atoms with van der Waals surface area (Å²) in [6, 6.07) is 19.7. The first-order valence-electron chi connectivity index (χ1n) is 10.8. The summed E-state index contributed by atoms with van der Waals surface area (Å²) in [5.41, 5.74) is 1.89. The van der Waals surface area contributed by atoms with Crippen LogP contribution in [0.15, 0.2) is 72.8 Å². The van der Waals surface area contributed by atoms with Crippen molar-refractivity contribution in [3.63, 3.8) is 0 Å². The van der Waals surface area contributed by atoms with E-state index in [1.165, 1.54) is 32.3 Å². The first kappa shape index (κ1) is 25.2. The van der Waals surface area contributed by atoms with Crippen molar-refractivity contribution in [3.8, 4) is 5.75 Å². The molecule has 7 nitrogen and oxygen atoms in total. The van der Waals surface area contributed by atoms with Crippen LogP contribution >= 0.6 is 0 Å². The minimum atomic E-state index is -3.95. The topological polar surface area (TPSA) is 79.0 Å². The number of anilines is 1. The number of ether oxygens (including phenoxy) is 1. The third kappa shape index (κ3) is 6.12. The fraction of sp³-hybridized carbons (Fsp3) is 0.240. The number of hydrogen-bond acceptors (Lipinski definition) is 4. The van der Waals surface area contributed by atoms with E-state index in [-0.39, 0.29) is 18.1 Å². The van der Waals surface area contributed by atoms with Gasteiger partial charge in [-0.25, -0.2) is 4.39 Å². The Balaban J connectivity index is 1.72. The molecule has 0 unspecified atom stereocenters. The monoisotopic (exact) mass is 485 g/mol. The lowest BCUT2D eigenvalue weighted by molar-refractivity contribution is 0.0951. The van der Waals surface area contributed by atoms with Crippen LogP contribution in [0.1, 0.15) is 28.4 Å². The number of hydrogen-bond donors (Lipinski definition) is 1. The molecule has 180 valence electrons. The molecular weight excluding hydrogens is 457 g/mol. The zero-order valence-corrected chi connectivity index (χ0v) is 20.2. The second kappa shape index (κ2) is 11.1. The van der Waals surface area contributed by atoms with Gasteiger partial charge in [0.05, 0.1) is 18.8 Å². The van der Waals surface area contributed by atoms with Crippen molar-refractivity contribution in [1.29, 1.82) is 0 Å². The van der Waals surface area contributed by atoms with Crippen molar-refractivity contribution in [2.24, 2.45) is 0 Å². The maximum absolute atomic E-state index is 14.4. The number of nitrogens with zero attached hydrogens (tertiary/aromatic N) is 2. The van der Waals surface area contributed by atoms with E-state index in [2.05, 4.69) is 5.32 Å². The zero-order chi connectivity index (χ0) is 24.7. The van der Waals surface area contributed by atoms with Gasteiger partial charge in [-0.3, -0.25) is 9.10 Å². The molecule has 0 saturated heterocycles. The van der Waals surface area contributed by atoms with Crippen LogP contribution < -0.4 is 14.4 Å². The molecule has 1 N–H and O–H groups in total. The Morgan fingerprint density at radius 1 is 0.971 bits per heavy atom. The van der Waals surface area contributed by atoms with Crippen LogP contribution in [0.5, 0.6) is 5.75 Å². The molecule has 0 aliphatic carbocycles. The lowest BCUT2D eigenvalue weighted by Crippen LogP contribution is -2.40. The molecule has 0 fully saturated rings. The summed E-state index contributed by atoms with van der Waals surface area (Å²) in [6.07, 6.45) is 0. The van der Waals surface area contributed by atoms with Crippen LogP contribution in [0, 0.1) is 5.82 Å². The van der Waals surface area contributed by atoms with Gasteiger partial charge >= 0.3 is 10.2 Å². The molecule has 3 aromatic rings. The Bertz CT molecular complexity index is 1230. The SMILES string of the molecule is CCOc1cccc(CNC(=O)c2ccc(CN(c3ccccc3F)S(=O)(=O)N(C)C)cc2)c1. The van der Waals surface area contributed by atoms with E-state index in [0.29, 0.717) is 24.3 Å². The van der Waals surface area contributed by atoms with Crippen LogP contribution in [0.25, 0.3) is 0 Å². The molecule has 0 heterocycles. The van der Waals surface area contributed by atoms with Gasteiger partial charge in [-0.15, -0.1) is 0 Å². The van der Waals surface area contributed by atoms with Crippen LogP contribution in [-0.4, -0.2) is 39.3 Å². The summed E-state index contributed by atoms with van der Waals surface area (Å²) in [5.74, 6) is -0.164. The molecule has 3 rings (SSSR count). The Morgan fingerprint density at radius 3 is 2.32 bits per heavy atom. The highest BCUT2D eigenvalue weighted by atomic mass is 32.2. The molecule has 0 radical (unpaired) electrons. The second-order valence-corrected chi connectivity index (χ2v) is 9.77. The molecule has 3 aromatic carbocycles. The highest BCUT2D eigenvalue weighted by molar-refractivity contribution is 7.90. The van der Waals surface area contributed by atoms with Gasteiger partial charge in [-0.2, -0.15) is 12.7 Å². The number of rotatable bonds is 10. The predicted molar refractivity (Wildman–Crippen MR) is 130 cm³/mol. The van der Waals surface area contributed by atoms with Crippen molar-refractivity contribution in [2.45, 2.75) is 20.0 Å². The number of carbonyl (C=O) groups is 1. The van der Waals surface area contributed by atoms with Crippen molar-refractivity contribution in [3.05, 3.63) is 95.3 Å². The van der Waals surface area contributed by atoms with Gasteiger partial charge in [0.25, 0.3) is 5.91 Å². The van der Waals surface area contributed by atoms with Crippen molar-refractivity contribution >= 4 is 21.8 Å². The summed E-state index contributed by atoms with van der Waals surface area (Å²) in [6.45, 7) is 2.72. The number of halogens is 1. The minimum Gasteiger partial charge on any atom is -0.494 e. The van der Waals surface area contributed by atoms with Crippen LogP contribution in [0.2, 0.25) is 0 Å². The zero-order valence-electron chi connectivity index (χ0n) is 19.4. The van der Waals surface area contributed by atoms with Gasteiger partial charge in [0, 0.05) is 26.2 Å². The van der Waals surface area contributed by atoms with Crippen LogP contribution in [0.4, 0.5) is 10.1 Å². The standard InChI is InChI=1S/C25H28FN3O4S/c1-4-33-22-9-7-8-20(16-22)17-27-25(30)21-14-12-19(13-15-21)18-29(34(31,32)28(2)3)24-11-6-5-10-23(24)26/h5-16H,4,17-18H2,1-3H3,(H,27,30). The number of carbonyl (C=O) groups excluding carboxylic acids is 1. The average molecular weight is 486 g/mol. The van der Waals surface area contributed by atoms with Gasteiger partial charge in [0.1, 0.15) is 11.6 Å². The fourth-order valence-electron chi connectivity index (χ4n) is 3.27. The summed E-state index contributed by atoms with van der Waals surface area (Å²) in [4.78, 5) is 12.6. The molecule has 0 aliphatic rings. The largest absolute Gasteiger partial charge is 0.494 e. The first-order chi connectivity index (χ1) is 16.2. The van der Waals surface area contributed by atoms with Crippen molar-refractivity contribution < 1.29 is 22.3 Å². The first-order valence-corrected chi connectivity index (χ1v) is 12.2. The van der Waals surface area contributed by atoms with Crippen LogP contribution in [0.3, 0.4) is 0 Å². The average Bonchev–Trinajstić information content (AvgIpc) is 2.82. The molecule has 9 heteroatoms. The van der Waals surface area contributed by atoms with Crippen LogP contribution in [-0.2, 0) is 23.3 Å². The number of para-hydroxylation sites is 1. The molecule has 34 heavy (non-hydrogen) atoms.